The highest BCUT2D eigenvalue weighted by atomic mass is 15.3. The van der Waals surface area contributed by atoms with E-state index in [-0.39, 0.29) is 0 Å². The number of hydrogen-bond donors (Lipinski definition) is 1. The van der Waals surface area contributed by atoms with Crippen molar-refractivity contribution in [3.8, 4) is 0 Å². The molecule has 19 heavy (non-hydrogen) atoms. The highest BCUT2D eigenvalue weighted by Crippen LogP contribution is 2.29. The Morgan fingerprint density at radius 3 is 2.53 bits per heavy atom. The first-order chi connectivity index (χ1) is 9.28. The molecule has 3 rings (SSSR count). The molecular formula is C16H25N3. The summed E-state index contributed by atoms with van der Waals surface area (Å²) in [6.07, 6.45) is 2.59. The number of likely N-dealkylation sites (N-methyl/N-ethyl adjacent to an activating group) is 1. The van der Waals surface area contributed by atoms with Crippen LogP contribution in [0.4, 0.5) is 0 Å². The van der Waals surface area contributed by atoms with Gasteiger partial charge in [0, 0.05) is 44.8 Å². The van der Waals surface area contributed by atoms with Gasteiger partial charge in [0.2, 0.25) is 0 Å². The van der Waals surface area contributed by atoms with Crippen molar-refractivity contribution in [2.24, 2.45) is 0 Å². The number of piperidine rings is 1. The maximum absolute atomic E-state index is 3.58. The van der Waals surface area contributed by atoms with E-state index in [1.807, 2.05) is 0 Å². The lowest BCUT2D eigenvalue weighted by Gasteiger charge is -2.50. The molecule has 2 saturated heterocycles. The lowest BCUT2D eigenvalue weighted by molar-refractivity contribution is 0.0192. The molecule has 0 bridgehead atoms. The van der Waals surface area contributed by atoms with E-state index in [4.69, 9.17) is 0 Å². The normalized spacial score (nSPS) is 24.7. The maximum Gasteiger partial charge on any atom is 0.0355 e. The Labute approximate surface area is 116 Å². The maximum atomic E-state index is 3.58. The van der Waals surface area contributed by atoms with Crippen molar-refractivity contribution in [1.29, 1.82) is 0 Å². The van der Waals surface area contributed by atoms with Gasteiger partial charge in [-0.2, -0.15) is 0 Å². The summed E-state index contributed by atoms with van der Waals surface area (Å²) in [6.45, 7) is 7.06. The largest absolute Gasteiger partial charge is 0.314 e. The number of nitrogens with one attached hydrogen (secondary N) is 1. The summed E-state index contributed by atoms with van der Waals surface area (Å²) >= 11 is 0. The Bertz CT molecular complexity index is 396. The van der Waals surface area contributed by atoms with Crippen LogP contribution < -0.4 is 5.32 Å². The van der Waals surface area contributed by atoms with Gasteiger partial charge in [-0.1, -0.05) is 30.3 Å². The van der Waals surface area contributed by atoms with Crippen LogP contribution in [0, 0.1) is 0 Å². The molecule has 0 atom stereocenters. The van der Waals surface area contributed by atoms with Gasteiger partial charge in [0.1, 0.15) is 0 Å². The van der Waals surface area contributed by atoms with E-state index in [0.29, 0.717) is 5.54 Å². The quantitative estimate of drug-likeness (QED) is 0.869. The average molecular weight is 259 g/mol. The van der Waals surface area contributed by atoms with Crippen molar-refractivity contribution in [1.82, 2.24) is 15.1 Å². The van der Waals surface area contributed by atoms with Crippen LogP contribution in [-0.2, 0) is 6.54 Å². The fourth-order valence-corrected chi connectivity index (χ4v) is 3.47. The zero-order valence-electron chi connectivity index (χ0n) is 11.9. The molecular weight excluding hydrogens is 234 g/mol. The molecule has 0 aliphatic carbocycles. The number of hydrogen-bond acceptors (Lipinski definition) is 3. The highest BCUT2D eigenvalue weighted by molar-refractivity contribution is 5.14. The van der Waals surface area contributed by atoms with Gasteiger partial charge >= 0.3 is 0 Å². The standard InChI is InChI=1S/C16H25N3/c1-18-12-9-17-14-16(18)7-10-19(11-8-16)13-15-5-3-2-4-6-15/h2-6,17H,7-14H2,1H3. The molecule has 104 valence electrons. The van der Waals surface area contributed by atoms with Gasteiger partial charge in [0.15, 0.2) is 0 Å². The fourth-order valence-electron chi connectivity index (χ4n) is 3.47. The smallest absolute Gasteiger partial charge is 0.0355 e. The Morgan fingerprint density at radius 1 is 1.11 bits per heavy atom. The van der Waals surface area contributed by atoms with Crippen molar-refractivity contribution in [2.45, 2.75) is 24.9 Å². The Balaban J connectivity index is 1.57. The molecule has 2 aliphatic heterocycles. The van der Waals surface area contributed by atoms with Gasteiger partial charge in [-0.3, -0.25) is 9.80 Å². The van der Waals surface area contributed by atoms with Crippen LogP contribution in [0.5, 0.6) is 0 Å². The van der Waals surface area contributed by atoms with Gasteiger partial charge in [-0.15, -0.1) is 0 Å². The molecule has 3 heteroatoms. The summed E-state index contributed by atoms with van der Waals surface area (Å²) in [7, 11) is 2.30. The number of benzene rings is 1. The van der Waals surface area contributed by atoms with E-state index >= 15 is 0 Å². The van der Waals surface area contributed by atoms with Crippen LogP contribution in [0.15, 0.2) is 30.3 Å². The molecule has 0 amide bonds. The Hall–Kier alpha value is -0.900. The monoisotopic (exact) mass is 259 g/mol. The predicted octanol–water partition coefficient (Wildman–Crippen LogP) is 1.56. The SMILES string of the molecule is CN1CCNCC12CCN(Cc1ccccc1)CC2. The van der Waals surface area contributed by atoms with Crippen molar-refractivity contribution < 1.29 is 0 Å². The zero-order chi connectivity index (χ0) is 13.1. The van der Waals surface area contributed by atoms with Crippen LogP contribution in [0.25, 0.3) is 0 Å². The van der Waals surface area contributed by atoms with Crippen LogP contribution >= 0.6 is 0 Å². The van der Waals surface area contributed by atoms with Crippen molar-refractivity contribution >= 4 is 0 Å². The van der Waals surface area contributed by atoms with E-state index in [2.05, 4.69) is 52.5 Å². The van der Waals surface area contributed by atoms with E-state index in [1.54, 1.807) is 0 Å². The van der Waals surface area contributed by atoms with E-state index in [9.17, 15) is 0 Å². The summed E-state index contributed by atoms with van der Waals surface area (Å²) in [5.41, 5.74) is 1.86. The molecule has 1 aromatic rings. The predicted molar refractivity (Wildman–Crippen MR) is 79.2 cm³/mol. The minimum absolute atomic E-state index is 0.422. The van der Waals surface area contributed by atoms with Crippen molar-refractivity contribution in [2.75, 3.05) is 39.8 Å². The van der Waals surface area contributed by atoms with Crippen molar-refractivity contribution in [3.05, 3.63) is 35.9 Å². The number of nitrogens with zero attached hydrogens (tertiary/aromatic N) is 2. The second-order valence-corrected chi connectivity index (χ2v) is 6.08. The summed E-state index contributed by atoms with van der Waals surface area (Å²) in [5, 5.41) is 3.58. The summed E-state index contributed by atoms with van der Waals surface area (Å²) in [4.78, 5) is 5.19. The van der Waals surface area contributed by atoms with E-state index < -0.39 is 0 Å². The third-order valence-electron chi connectivity index (χ3n) is 4.92. The van der Waals surface area contributed by atoms with Crippen LogP contribution in [-0.4, -0.2) is 55.1 Å². The minimum atomic E-state index is 0.422. The van der Waals surface area contributed by atoms with Gasteiger partial charge in [0.05, 0.1) is 0 Å². The summed E-state index contributed by atoms with van der Waals surface area (Å²) in [5.74, 6) is 0. The van der Waals surface area contributed by atoms with Crippen LogP contribution in [0.3, 0.4) is 0 Å². The zero-order valence-corrected chi connectivity index (χ0v) is 11.9. The molecule has 0 radical (unpaired) electrons. The third-order valence-corrected chi connectivity index (χ3v) is 4.92. The molecule has 1 N–H and O–H groups in total. The number of likely N-dealkylation sites (tertiary alicyclic amines) is 1. The third kappa shape index (κ3) is 2.83. The van der Waals surface area contributed by atoms with Crippen LogP contribution in [0.1, 0.15) is 18.4 Å². The second-order valence-electron chi connectivity index (χ2n) is 6.08. The molecule has 0 unspecified atom stereocenters. The first-order valence-electron chi connectivity index (χ1n) is 7.47. The molecule has 2 fully saturated rings. The topological polar surface area (TPSA) is 18.5 Å². The van der Waals surface area contributed by atoms with Crippen molar-refractivity contribution in [3.63, 3.8) is 0 Å². The van der Waals surface area contributed by atoms with Gasteiger partial charge in [0.25, 0.3) is 0 Å². The molecule has 1 aromatic carbocycles. The average Bonchev–Trinajstić information content (AvgIpc) is 2.46. The minimum Gasteiger partial charge on any atom is -0.314 e. The highest BCUT2D eigenvalue weighted by Gasteiger charge is 2.39. The fraction of sp³-hybridized carbons (Fsp3) is 0.625. The lowest BCUT2D eigenvalue weighted by atomic mass is 9.84. The summed E-state index contributed by atoms with van der Waals surface area (Å²) in [6, 6.07) is 10.8. The second kappa shape index (κ2) is 5.61. The Morgan fingerprint density at radius 2 is 1.84 bits per heavy atom. The number of piperazine rings is 1. The first-order valence-corrected chi connectivity index (χ1v) is 7.47. The molecule has 2 heterocycles. The van der Waals surface area contributed by atoms with E-state index in [0.717, 1.165) is 13.1 Å². The first kappa shape index (κ1) is 13.1. The molecule has 0 aromatic heterocycles. The lowest BCUT2D eigenvalue weighted by Crippen LogP contribution is -2.63. The van der Waals surface area contributed by atoms with E-state index in [1.165, 1.54) is 44.6 Å². The molecule has 3 nitrogen and oxygen atoms in total. The Kier molecular flexibility index (Phi) is 3.87. The van der Waals surface area contributed by atoms with Gasteiger partial charge in [-0.25, -0.2) is 0 Å². The summed E-state index contributed by atoms with van der Waals surface area (Å²) < 4.78 is 0. The van der Waals surface area contributed by atoms with Gasteiger partial charge in [-0.05, 0) is 25.5 Å². The van der Waals surface area contributed by atoms with Crippen LogP contribution in [0.2, 0.25) is 0 Å². The van der Waals surface area contributed by atoms with Gasteiger partial charge < -0.3 is 5.32 Å². The number of rotatable bonds is 2. The molecule has 0 saturated carbocycles. The molecule has 1 spiro atoms. The molecule has 2 aliphatic rings.